The van der Waals surface area contributed by atoms with Crippen LogP contribution in [0.4, 0.5) is 0 Å². The van der Waals surface area contributed by atoms with Crippen LogP contribution in [0, 0.1) is 0 Å². The van der Waals surface area contributed by atoms with E-state index in [1.807, 2.05) is 0 Å². The number of rotatable bonds is 6. The second-order valence-electron chi connectivity index (χ2n) is 7.28. The maximum atomic E-state index is 12.2. The molecule has 1 aromatic heterocycles. The number of guanidine groups is 1. The third kappa shape index (κ3) is 5.23. The minimum atomic E-state index is -4.15. The van der Waals surface area contributed by atoms with Crippen LogP contribution in [-0.2, 0) is 30.9 Å². The number of aliphatic imine (C=N–C) groups is 1. The fraction of sp³-hybridized carbons (Fsp3) is 0.389. The van der Waals surface area contributed by atoms with Crippen molar-refractivity contribution in [2.75, 3.05) is 6.26 Å². The van der Waals surface area contributed by atoms with Crippen LogP contribution in [0.15, 0.2) is 29.3 Å². The normalized spacial score (nSPS) is 25.5. The lowest BCUT2D eigenvalue weighted by Crippen LogP contribution is -2.62. The van der Waals surface area contributed by atoms with Gasteiger partial charge in [-0.3, -0.25) is 8.98 Å². The zero-order chi connectivity index (χ0) is 24.7. The van der Waals surface area contributed by atoms with E-state index in [9.17, 15) is 33.3 Å². The molecule has 1 aromatic carbocycles. The number of nitrogens with two attached hydrogens (primary N) is 2. The Labute approximate surface area is 187 Å². The van der Waals surface area contributed by atoms with Gasteiger partial charge in [0, 0.05) is 18.5 Å². The number of hydrogen-bond acceptors (Lipinski definition) is 9. The molecule has 180 valence electrons. The molecule has 1 saturated heterocycles. The summed E-state index contributed by atoms with van der Waals surface area (Å²) in [6, 6.07) is 5.98. The van der Waals surface area contributed by atoms with Gasteiger partial charge in [-0.25, -0.2) is 4.79 Å². The number of aliphatic hydroxyl groups is 2. The maximum absolute atomic E-state index is 12.2. The van der Waals surface area contributed by atoms with Gasteiger partial charge in [0.15, 0.2) is 18.2 Å². The van der Waals surface area contributed by atoms with Crippen LogP contribution in [0.1, 0.15) is 10.5 Å². The number of aromatic nitrogens is 1. The first kappa shape index (κ1) is 24.4. The second-order valence-corrected chi connectivity index (χ2v) is 8.88. The average molecular weight is 486 g/mol. The molecule has 3 rings (SSSR count). The van der Waals surface area contributed by atoms with E-state index in [0.29, 0.717) is 17.2 Å². The molecular weight excluding hydrogens is 464 g/mol. The predicted octanol–water partition coefficient (Wildman–Crippen LogP) is -2.15. The first-order valence-electron chi connectivity index (χ1n) is 9.31. The summed E-state index contributed by atoms with van der Waals surface area (Å²) >= 11 is 0. The number of ether oxygens (including phenoxy) is 2. The maximum Gasteiger partial charge on any atom is 0.335 e. The summed E-state index contributed by atoms with van der Waals surface area (Å²) in [5.41, 5.74) is 11.1. The number of aliphatic hydroxyl groups excluding tert-OH is 2. The van der Waals surface area contributed by atoms with Gasteiger partial charge in [0.25, 0.3) is 16.0 Å². The quantitative estimate of drug-likeness (QED) is 0.167. The summed E-state index contributed by atoms with van der Waals surface area (Å²) in [5.74, 6) is -2.64. The third-order valence-corrected chi connectivity index (χ3v) is 5.37. The monoisotopic (exact) mass is 486 g/mol. The number of benzene rings is 1. The van der Waals surface area contributed by atoms with Crippen LogP contribution in [0.5, 0.6) is 5.75 Å². The molecule has 1 aliphatic rings. The molecule has 2 aromatic rings. The zero-order valence-electron chi connectivity index (χ0n) is 17.4. The van der Waals surface area contributed by atoms with Gasteiger partial charge in [0.2, 0.25) is 6.29 Å². The van der Waals surface area contributed by atoms with Crippen molar-refractivity contribution in [2.45, 2.75) is 30.7 Å². The van der Waals surface area contributed by atoms with E-state index in [2.05, 4.69) is 4.99 Å². The van der Waals surface area contributed by atoms with Gasteiger partial charge in [-0.15, -0.1) is 0 Å². The smallest absolute Gasteiger partial charge is 0.335 e. The van der Waals surface area contributed by atoms with E-state index in [4.69, 9.17) is 25.1 Å². The first-order chi connectivity index (χ1) is 15.3. The molecule has 14 nitrogen and oxygen atoms in total. The van der Waals surface area contributed by atoms with Gasteiger partial charge in [0.1, 0.15) is 23.7 Å². The molecule has 1 fully saturated rings. The highest BCUT2D eigenvalue weighted by atomic mass is 32.2. The summed E-state index contributed by atoms with van der Waals surface area (Å²) in [5, 5.41) is 30.1. The van der Waals surface area contributed by atoms with Crippen molar-refractivity contribution in [1.29, 1.82) is 0 Å². The van der Waals surface area contributed by atoms with Crippen LogP contribution >= 0.6 is 0 Å². The molecule has 1 aliphatic heterocycles. The number of amides is 1. The van der Waals surface area contributed by atoms with Gasteiger partial charge in [-0.2, -0.15) is 13.4 Å². The molecular formula is C18H22N4O10S. The summed E-state index contributed by atoms with van der Waals surface area (Å²) in [6.45, 7) is 0. The highest BCUT2D eigenvalue weighted by molar-refractivity contribution is 7.86. The van der Waals surface area contributed by atoms with Gasteiger partial charge < -0.3 is 40.8 Å². The van der Waals surface area contributed by atoms with Crippen LogP contribution in [0.2, 0.25) is 0 Å². The van der Waals surface area contributed by atoms with E-state index >= 15 is 0 Å². The summed E-state index contributed by atoms with van der Waals surface area (Å²) in [4.78, 5) is 27.1. The standard InChI is InChI=1S/C18H22N4O10S/c1-22-9-6-8(4-3-7(9)5-10(22)15(25)21-18(19)20)30-17-14(32-33(2,28)29)12(24)11(23)13(31-17)16(26)27/h3-6,11-14,17,23-24H,1-2H3,(H,26,27)(H4,19,20,21,25)/t11-,12-,13-,14+,17+/m0/s1. The summed E-state index contributed by atoms with van der Waals surface area (Å²) in [6.07, 6.45) is -8.63. The molecule has 0 aliphatic carbocycles. The number of carboxylic acid groups (broad SMARTS) is 1. The number of carbonyl (C=O) groups excluding carboxylic acids is 1. The number of hydrogen-bond donors (Lipinski definition) is 5. The van der Waals surface area contributed by atoms with Crippen LogP contribution in [0.25, 0.3) is 10.9 Å². The van der Waals surface area contributed by atoms with Gasteiger partial charge in [0.05, 0.1) is 11.8 Å². The van der Waals surface area contributed by atoms with Gasteiger partial charge >= 0.3 is 5.97 Å². The Morgan fingerprint density at radius 1 is 1.18 bits per heavy atom. The minimum absolute atomic E-state index is 0.0596. The fourth-order valence-electron chi connectivity index (χ4n) is 3.34. The molecule has 0 radical (unpaired) electrons. The van der Waals surface area contributed by atoms with Gasteiger partial charge in [-0.1, -0.05) is 0 Å². The Kier molecular flexibility index (Phi) is 6.62. The summed E-state index contributed by atoms with van der Waals surface area (Å²) in [7, 11) is -2.59. The van der Waals surface area contributed by atoms with Crippen molar-refractivity contribution in [2.24, 2.45) is 23.5 Å². The van der Waals surface area contributed by atoms with Crippen LogP contribution in [-0.4, -0.2) is 83.1 Å². The van der Waals surface area contributed by atoms with E-state index in [-0.39, 0.29) is 11.4 Å². The Morgan fingerprint density at radius 2 is 1.85 bits per heavy atom. The molecule has 0 spiro atoms. The molecule has 33 heavy (non-hydrogen) atoms. The van der Waals surface area contributed by atoms with Crippen LogP contribution in [0.3, 0.4) is 0 Å². The van der Waals surface area contributed by atoms with Crippen molar-refractivity contribution >= 4 is 38.9 Å². The third-order valence-electron chi connectivity index (χ3n) is 4.79. The van der Waals surface area contributed by atoms with E-state index < -0.39 is 58.7 Å². The van der Waals surface area contributed by atoms with Crippen molar-refractivity contribution in [3.8, 4) is 5.75 Å². The SMILES string of the molecule is Cn1c(C(=O)N=C(N)N)cc2ccc(O[C@@H]3O[C@H](C(=O)O)[C@@H](O)[C@H](O)[C@H]3OS(C)(=O)=O)cc21. The Hall–Kier alpha value is -3.24. The number of fused-ring (bicyclic) bond motifs is 1. The molecule has 0 saturated carbocycles. The van der Waals surface area contributed by atoms with Crippen molar-refractivity contribution in [3.05, 3.63) is 30.0 Å². The molecule has 5 atom stereocenters. The van der Waals surface area contributed by atoms with E-state index in [1.165, 1.54) is 22.8 Å². The Morgan fingerprint density at radius 3 is 2.42 bits per heavy atom. The van der Waals surface area contributed by atoms with Crippen LogP contribution < -0.4 is 16.2 Å². The minimum Gasteiger partial charge on any atom is -0.479 e. The highest BCUT2D eigenvalue weighted by Gasteiger charge is 2.50. The largest absolute Gasteiger partial charge is 0.479 e. The zero-order valence-corrected chi connectivity index (χ0v) is 18.2. The molecule has 7 N–H and O–H groups in total. The Bertz CT molecular complexity index is 1220. The highest BCUT2D eigenvalue weighted by Crippen LogP contribution is 2.30. The molecule has 0 unspecified atom stereocenters. The molecule has 15 heteroatoms. The average Bonchev–Trinajstić information content (AvgIpc) is 3.02. The predicted molar refractivity (Wildman–Crippen MR) is 112 cm³/mol. The van der Waals surface area contributed by atoms with Crippen molar-refractivity contribution < 1.29 is 47.0 Å². The van der Waals surface area contributed by atoms with E-state index in [0.717, 1.165) is 0 Å². The lowest BCUT2D eigenvalue weighted by atomic mass is 9.99. The lowest BCUT2D eigenvalue weighted by Gasteiger charge is -2.39. The lowest BCUT2D eigenvalue weighted by molar-refractivity contribution is -0.264. The van der Waals surface area contributed by atoms with Crippen molar-refractivity contribution in [1.82, 2.24) is 4.57 Å². The topological polar surface area (TPSA) is 226 Å². The van der Waals surface area contributed by atoms with Gasteiger partial charge in [-0.05, 0) is 18.2 Å². The molecule has 0 bridgehead atoms. The number of aliphatic carboxylic acids is 1. The second kappa shape index (κ2) is 8.95. The first-order valence-corrected chi connectivity index (χ1v) is 11.1. The molecule has 2 heterocycles. The Balaban J connectivity index is 1.96. The fourth-order valence-corrected chi connectivity index (χ4v) is 3.95. The number of carbonyl (C=O) groups is 2. The number of aryl methyl sites for hydroxylation is 1. The van der Waals surface area contributed by atoms with Crippen molar-refractivity contribution in [3.63, 3.8) is 0 Å². The number of nitrogens with zero attached hydrogens (tertiary/aromatic N) is 2. The molecule has 1 amide bonds. The van der Waals surface area contributed by atoms with E-state index in [1.54, 1.807) is 13.1 Å². The number of carboxylic acids is 1. The summed E-state index contributed by atoms with van der Waals surface area (Å²) < 4.78 is 40.3.